The van der Waals surface area contributed by atoms with Crippen molar-refractivity contribution in [3.8, 4) is 23.0 Å². The predicted octanol–water partition coefficient (Wildman–Crippen LogP) is 4.90. The molecule has 42 heavy (non-hydrogen) atoms. The largest absolute Gasteiger partial charge is 0.457 e. The van der Waals surface area contributed by atoms with E-state index in [-0.39, 0.29) is 34.4 Å². The summed E-state index contributed by atoms with van der Waals surface area (Å²) in [6.45, 7) is 0. The molecule has 4 aromatic rings. The Morgan fingerprint density at radius 2 is 1.19 bits per heavy atom. The van der Waals surface area contributed by atoms with Crippen LogP contribution in [0.4, 0.5) is 11.4 Å². The van der Waals surface area contributed by atoms with E-state index in [9.17, 15) is 29.3 Å². The first-order valence-electron chi connectivity index (χ1n) is 12.4. The van der Waals surface area contributed by atoms with Gasteiger partial charge in [-0.05, 0) is 60.7 Å². The van der Waals surface area contributed by atoms with E-state index in [1.807, 2.05) is 0 Å². The fourth-order valence-electron chi connectivity index (χ4n) is 4.33. The molecule has 0 aromatic heterocycles. The third-order valence-electron chi connectivity index (χ3n) is 6.53. The molecule has 2 N–H and O–H groups in total. The summed E-state index contributed by atoms with van der Waals surface area (Å²) >= 11 is 0. The van der Waals surface area contributed by atoms with E-state index in [0.717, 1.165) is 9.80 Å². The van der Waals surface area contributed by atoms with Crippen molar-refractivity contribution in [3.05, 3.63) is 117 Å². The number of ether oxygens (including phenoxy) is 2. The number of imide groups is 2. The molecule has 0 saturated heterocycles. The minimum Gasteiger partial charge on any atom is -0.457 e. The van der Waals surface area contributed by atoms with Gasteiger partial charge in [-0.25, -0.2) is 0 Å². The Morgan fingerprint density at radius 1 is 0.643 bits per heavy atom. The van der Waals surface area contributed by atoms with Gasteiger partial charge >= 0.3 is 5.69 Å². The molecule has 0 aliphatic carbocycles. The Labute approximate surface area is 238 Å². The normalized spacial score (nSPS) is 13.4. The monoisotopic (exact) mass is 566 g/mol. The van der Waals surface area contributed by atoms with Gasteiger partial charge in [0.1, 0.15) is 22.8 Å². The number of nitrogen functional groups attached to an aromatic ring is 1. The number of hydrogen-bond donors (Lipinski definition) is 1. The lowest BCUT2D eigenvalue weighted by Crippen LogP contribution is -2.24. The van der Waals surface area contributed by atoms with Gasteiger partial charge in [0.15, 0.2) is 0 Å². The summed E-state index contributed by atoms with van der Waals surface area (Å²) in [6, 6.07) is 22.6. The van der Waals surface area contributed by atoms with E-state index in [2.05, 4.69) is 0 Å². The molecule has 4 amide bonds. The molecule has 0 spiro atoms. The van der Waals surface area contributed by atoms with Gasteiger partial charge in [0.25, 0.3) is 23.6 Å². The van der Waals surface area contributed by atoms with E-state index in [4.69, 9.17) is 15.2 Å². The fraction of sp³-hybridized carbons (Fsp3) is 0.0667. The molecule has 2 heterocycles. The number of fused-ring (bicyclic) bond motifs is 2. The Kier molecular flexibility index (Phi) is 7.11. The second kappa shape index (κ2) is 10.8. The fourth-order valence-corrected chi connectivity index (χ4v) is 4.33. The predicted molar refractivity (Wildman–Crippen MR) is 150 cm³/mol. The third kappa shape index (κ3) is 4.99. The Balaban J connectivity index is 0.000000169. The number of para-hydroxylation sites is 1. The van der Waals surface area contributed by atoms with Gasteiger partial charge < -0.3 is 15.2 Å². The molecule has 6 rings (SSSR count). The molecule has 0 unspecified atom stereocenters. The molecule has 0 radical (unpaired) electrons. The van der Waals surface area contributed by atoms with Gasteiger partial charge in [-0.2, -0.15) is 0 Å². The number of anilines is 1. The molecule has 12 nitrogen and oxygen atoms in total. The minimum absolute atomic E-state index is 0.0782. The first-order chi connectivity index (χ1) is 20.1. The number of nitro groups is 1. The number of carbonyl (C=O) groups excluding carboxylic acids is 4. The smallest absolute Gasteiger partial charge is 0.312 e. The molecule has 12 heteroatoms. The molecule has 0 saturated carbocycles. The standard InChI is InChI=1S/C15H10N2O5.C15H12N2O3/c1-16-14(18)10-7-8-11(17(20)21)13(12(10)15(16)19)22-9-5-3-2-4-6-9;1-17-14(18)12-7-6-11(8-13(12)15(17)19)20-10-4-2-9(16)3-5-10/h2-8H,1H3;2-8H,16H2,1H3. The number of benzene rings is 4. The average molecular weight is 567 g/mol. The molecular weight excluding hydrogens is 544 g/mol. The maximum absolute atomic E-state index is 12.2. The van der Waals surface area contributed by atoms with Crippen molar-refractivity contribution < 1.29 is 33.6 Å². The van der Waals surface area contributed by atoms with Crippen LogP contribution >= 0.6 is 0 Å². The Hall–Kier alpha value is -6.04. The summed E-state index contributed by atoms with van der Waals surface area (Å²) in [5.74, 6) is -0.473. The van der Waals surface area contributed by atoms with Gasteiger partial charge in [-0.15, -0.1) is 0 Å². The van der Waals surface area contributed by atoms with Crippen LogP contribution in [0.2, 0.25) is 0 Å². The highest BCUT2D eigenvalue weighted by Gasteiger charge is 2.39. The van der Waals surface area contributed by atoms with Crippen LogP contribution in [0.25, 0.3) is 0 Å². The topological polar surface area (TPSA) is 162 Å². The van der Waals surface area contributed by atoms with E-state index < -0.39 is 16.7 Å². The average Bonchev–Trinajstić information content (AvgIpc) is 3.34. The number of rotatable bonds is 5. The maximum atomic E-state index is 12.2. The highest BCUT2D eigenvalue weighted by atomic mass is 16.6. The van der Waals surface area contributed by atoms with E-state index in [1.54, 1.807) is 72.8 Å². The Bertz CT molecular complexity index is 1770. The summed E-state index contributed by atoms with van der Waals surface area (Å²) in [7, 11) is 2.79. The van der Waals surface area contributed by atoms with Gasteiger partial charge in [-0.3, -0.25) is 39.1 Å². The zero-order valence-corrected chi connectivity index (χ0v) is 22.3. The van der Waals surface area contributed by atoms with E-state index >= 15 is 0 Å². The quantitative estimate of drug-likeness (QED) is 0.153. The first kappa shape index (κ1) is 27.5. The molecule has 2 aliphatic rings. The van der Waals surface area contributed by atoms with Crippen molar-refractivity contribution in [2.45, 2.75) is 0 Å². The number of nitrogens with zero attached hydrogens (tertiary/aromatic N) is 3. The molecule has 0 fully saturated rings. The van der Waals surface area contributed by atoms with Crippen LogP contribution in [0.1, 0.15) is 41.4 Å². The van der Waals surface area contributed by atoms with Gasteiger partial charge in [-0.1, -0.05) is 18.2 Å². The molecule has 0 atom stereocenters. The first-order valence-corrected chi connectivity index (χ1v) is 12.4. The summed E-state index contributed by atoms with van der Waals surface area (Å²) in [6.07, 6.45) is 0. The summed E-state index contributed by atoms with van der Waals surface area (Å²) in [5, 5.41) is 11.2. The SMILES string of the molecule is CN1C(=O)c2ccc(Oc3ccc(N)cc3)cc2C1=O.CN1C(=O)c2ccc([N+](=O)[O-])c(Oc3ccccc3)c2C1=O. The highest BCUT2D eigenvalue weighted by molar-refractivity contribution is 6.23. The molecular formula is C30H22N4O8. The number of hydrogen-bond acceptors (Lipinski definition) is 9. The van der Waals surface area contributed by atoms with Crippen LogP contribution < -0.4 is 15.2 Å². The summed E-state index contributed by atoms with van der Waals surface area (Å²) < 4.78 is 11.2. The van der Waals surface area contributed by atoms with Crippen molar-refractivity contribution >= 4 is 35.0 Å². The van der Waals surface area contributed by atoms with Crippen LogP contribution in [0.5, 0.6) is 23.0 Å². The van der Waals surface area contributed by atoms with Gasteiger partial charge in [0.05, 0.1) is 21.6 Å². The van der Waals surface area contributed by atoms with Gasteiger partial charge in [0, 0.05) is 25.8 Å². The van der Waals surface area contributed by atoms with E-state index in [1.165, 1.54) is 26.2 Å². The van der Waals surface area contributed by atoms with Crippen LogP contribution in [0, 0.1) is 10.1 Å². The van der Waals surface area contributed by atoms with Crippen molar-refractivity contribution in [3.63, 3.8) is 0 Å². The minimum atomic E-state index is -0.644. The lowest BCUT2D eigenvalue weighted by Gasteiger charge is -2.09. The number of nitrogens with two attached hydrogens (primary N) is 1. The Morgan fingerprint density at radius 3 is 1.86 bits per heavy atom. The molecule has 0 bridgehead atoms. The third-order valence-corrected chi connectivity index (χ3v) is 6.53. The second-order valence-corrected chi connectivity index (χ2v) is 9.23. The molecule has 2 aliphatic heterocycles. The maximum Gasteiger partial charge on any atom is 0.312 e. The zero-order chi connectivity index (χ0) is 30.1. The summed E-state index contributed by atoms with van der Waals surface area (Å²) in [5.41, 5.74) is 6.68. The van der Waals surface area contributed by atoms with Crippen LogP contribution in [0.3, 0.4) is 0 Å². The second-order valence-electron chi connectivity index (χ2n) is 9.23. The van der Waals surface area contributed by atoms with Crippen LogP contribution in [-0.4, -0.2) is 52.4 Å². The number of carbonyl (C=O) groups is 4. The zero-order valence-electron chi connectivity index (χ0n) is 22.3. The van der Waals surface area contributed by atoms with E-state index in [0.29, 0.717) is 34.1 Å². The molecule has 210 valence electrons. The van der Waals surface area contributed by atoms with Crippen LogP contribution in [-0.2, 0) is 0 Å². The van der Waals surface area contributed by atoms with Crippen LogP contribution in [0.15, 0.2) is 84.9 Å². The van der Waals surface area contributed by atoms with Crippen molar-refractivity contribution in [2.24, 2.45) is 0 Å². The lowest BCUT2D eigenvalue weighted by atomic mass is 10.1. The highest BCUT2D eigenvalue weighted by Crippen LogP contribution is 2.40. The van der Waals surface area contributed by atoms with Crippen molar-refractivity contribution in [1.29, 1.82) is 0 Å². The van der Waals surface area contributed by atoms with Crippen molar-refractivity contribution in [2.75, 3.05) is 19.8 Å². The number of amides is 4. The lowest BCUT2D eigenvalue weighted by molar-refractivity contribution is -0.385. The van der Waals surface area contributed by atoms with Gasteiger partial charge in [0.2, 0.25) is 5.75 Å². The molecule has 4 aromatic carbocycles. The number of nitro benzene ring substituents is 1. The van der Waals surface area contributed by atoms with Crippen molar-refractivity contribution in [1.82, 2.24) is 9.80 Å². The summed E-state index contributed by atoms with van der Waals surface area (Å²) in [4.78, 5) is 60.4.